The molecule has 2 amide bonds. The summed E-state index contributed by atoms with van der Waals surface area (Å²) in [5, 5.41) is 2.94. The van der Waals surface area contributed by atoms with Crippen molar-refractivity contribution in [1.82, 2.24) is 10.2 Å². The van der Waals surface area contributed by atoms with Gasteiger partial charge in [-0.2, -0.15) is 0 Å². The van der Waals surface area contributed by atoms with E-state index in [0.29, 0.717) is 0 Å². The number of hydrogen-bond donors (Lipinski definition) is 1. The monoisotopic (exact) mass is 224 g/mol. The normalized spacial score (nSPS) is 12.2. The molecule has 0 aliphatic carbocycles. The molecule has 1 rings (SSSR count). The maximum atomic E-state index is 11.5. The van der Waals surface area contributed by atoms with Crippen LogP contribution in [0.4, 0.5) is 4.79 Å². The molecule has 4 nitrogen and oxygen atoms in total. The van der Waals surface area contributed by atoms with Crippen molar-refractivity contribution in [3.63, 3.8) is 0 Å². The van der Waals surface area contributed by atoms with Crippen molar-refractivity contribution in [2.75, 3.05) is 13.6 Å². The third-order valence-corrected chi connectivity index (χ3v) is 2.59. The number of hydrogen-bond acceptors (Lipinski definition) is 2. The summed E-state index contributed by atoms with van der Waals surface area (Å²) in [6, 6.07) is 3.97. The SMILES string of the molecule is CCN(C)C(=O)NC(C)CCc1ccco1. The van der Waals surface area contributed by atoms with Crippen molar-refractivity contribution < 1.29 is 9.21 Å². The van der Waals surface area contributed by atoms with Crippen LogP contribution in [0, 0.1) is 0 Å². The Kier molecular flexibility index (Phi) is 4.89. The summed E-state index contributed by atoms with van der Waals surface area (Å²) >= 11 is 0. The van der Waals surface area contributed by atoms with E-state index in [9.17, 15) is 4.79 Å². The minimum absolute atomic E-state index is 0.0190. The van der Waals surface area contributed by atoms with Gasteiger partial charge in [0, 0.05) is 26.1 Å². The Morgan fingerprint density at radius 3 is 2.94 bits per heavy atom. The minimum atomic E-state index is -0.0190. The van der Waals surface area contributed by atoms with E-state index in [4.69, 9.17) is 4.42 Å². The molecule has 0 saturated carbocycles. The van der Waals surface area contributed by atoms with Crippen molar-refractivity contribution in [1.29, 1.82) is 0 Å². The predicted molar refractivity (Wildman–Crippen MR) is 63.3 cm³/mol. The Balaban J connectivity index is 2.25. The lowest BCUT2D eigenvalue weighted by Gasteiger charge is -2.19. The van der Waals surface area contributed by atoms with Crippen LogP contribution < -0.4 is 5.32 Å². The van der Waals surface area contributed by atoms with Crippen LogP contribution in [0.3, 0.4) is 0 Å². The lowest BCUT2D eigenvalue weighted by molar-refractivity contribution is 0.207. The summed E-state index contributed by atoms with van der Waals surface area (Å²) in [5.74, 6) is 0.963. The average Bonchev–Trinajstić information content (AvgIpc) is 2.78. The van der Waals surface area contributed by atoms with Crippen LogP contribution in [0.15, 0.2) is 22.8 Å². The first-order valence-corrected chi connectivity index (χ1v) is 5.67. The van der Waals surface area contributed by atoms with Gasteiger partial charge < -0.3 is 14.6 Å². The molecule has 0 fully saturated rings. The Bertz CT molecular complexity index is 309. The summed E-state index contributed by atoms with van der Waals surface area (Å²) < 4.78 is 5.23. The molecule has 0 saturated heterocycles. The predicted octanol–water partition coefficient (Wildman–Crippen LogP) is 2.26. The van der Waals surface area contributed by atoms with Gasteiger partial charge in [0.1, 0.15) is 5.76 Å². The van der Waals surface area contributed by atoms with Crippen molar-refractivity contribution in [3.05, 3.63) is 24.2 Å². The first-order valence-electron chi connectivity index (χ1n) is 5.67. The average molecular weight is 224 g/mol. The number of nitrogens with zero attached hydrogens (tertiary/aromatic N) is 1. The summed E-state index contributed by atoms with van der Waals surface area (Å²) in [6.45, 7) is 4.67. The van der Waals surface area contributed by atoms with Gasteiger partial charge in [0.2, 0.25) is 0 Å². The van der Waals surface area contributed by atoms with Crippen LogP contribution in [-0.4, -0.2) is 30.6 Å². The molecule has 1 heterocycles. The van der Waals surface area contributed by atoms with Crippen LogP contribution in [-0.2, 0) is 6.42 Å². The van der Waals surface area contributed by atoms with E-state index >= 15 is 0 Å². The molecule has 0 aliphatic heterocycles. The third-order valence-electron chi connectivity index (χ3n) is 2.59. The highest BCUT2D eigenvalue weighted by molar-refractivity contribution is 5.74. The van der Waals surface area contributed by atoms with Gasteiger partial charge >= 0.3 is 6.03 Å². The number of amides is 2. The Morgan fingerprint density at radius 1 is 1.62 bits per heavy atom. The first kappa shape index (κ1) is 12.6. The van der Waals surface area contributed by atoms with Crippen molar-refractivity contribution in [2.24, 2.45) is 0 Å². The van der Waals surface area contributed by atoms with Crippen molar-refractivity contribution in [3.8, 4) is 0 Å². The number of carbonyl (C=O) groups is 1. The Labute approximate surface area is 96.6 Å². The standard InChI is InChI=1S/C12H20N2O2/c1-4-14(3)12(15)13-10(2)7-8-11-6-5-9-16-11/h5-6,9-10H,4,7-8H2,1-3H3,(H,13,15). The third kappa shape index (κ3) is 3.96. The smallest absolute Gasteiger partial charge is 0.317 e. The topological polar surface area (TPSA) is 45.5 Å². The summed E-state index contributed by atoms with van der Waals surface area (Å²) in [7, 11) is 1.79. The second kappa shape index (κ2) is 6.20. The van der Waals surface area contributed by atoms with Gasteiger partial charge in [0.25, 0.3) is 0 Å². The number of rotatable bonds is 5. The van der Waals surface area contributed by atoms with Gasteiger partial charge in [-0.25, -0.2) is 4.79 Å². The molecule has 1 aromatic heterocycles. The molecule has 1 N–H and O–H groups in total. The molecular formula is C12H20N2O2. The molecule has 16 heavy (non-hydrogen) atoms. The van der Waals surface area contributed by atoms with Gasteiger partial charge in [-0.3, -0.25) is 0 Å². The van der Waals surface area contributed by atoms with E-state index < -0.39 is 0 Å². The lowest BCUT2D eigenvalue weighted by Crippen LogP contribution is -2.41. The van der Waals surface area contributed by atoms with Crippen LogP contribution in [0.1, 0.15) is 26.0 Å². The number of nitrogens with one attached hydrogen (secondary N) is 1. The summed E-state index contributed by atoms with van der Waals surface area (Å²) in [4.78, 5) is 13.2. The minimum Gasteiger partial charge on any atom is -0.469 e. The van der Waals surface area contributed by atoms with E-state index in [1.165, 1.54) is 0 Å². The zero-order valence-corrected chi connectivity index (χ0v) is 10.2. The van der Waals surface area contributed by atoms with Gasteiger partial charge in [-0.05, 0) is 32.4 Å². The number of urea groups is 1. The van der Waals surface area contributed by atoms with E-state index in [1.807, 2.05) is 26.0 Å². The van der Waals surface area contributed by atoms with E-state index in [0.717, 1.165) is 25.1 Å². The molecule has 0 aliphatic rings. The number of aryl methyl sites for hydroxylation is 1. The molecule has 1 aromatic rings. The first-order chi connectivity index (χ1) is 7.63. The van der Waals surface area contributed by atoms with Crippen LogP contribution in [0.25, 0.3) is 0 Å². The molecule has 1 atom stereocenters. The van der Waals surface area contributed by atoms with E-state index in [1.54, 1.807) is 18.2 Å². The highest BCUT2D eigenvalue weighted by Gasteiger charge is 2.10. The molecule has 0 radical (unpaired) electrons. The zero-order valence-electron chi connectivity index (χ0n) is 10.2. The van der Waals surface area contributed by atoms with Crippen molar-refractivity contribution >= 4 is 6.03 Å². The van der Waals surface area contributed by atoms with Gasteiger partial charge in [-0.15, -0.1) is 0 Å². The highest BCUT2D eigenvalue weighted by Crippen LogP contribution is 2.05. The molecule has 90 valence electrons. The molecule has 0 bridgehead atoms. The quantitative estimate of drug-likeness (QED) is 0.833. The fourth-order valence-corrected chi connectivity index (χ4v) is 1.35. The maximum Gasteiger partial charge on any atom is 0.317 e. The fourth-order valence-electron chi connectivity index (χ4n) is 1.35. The van der Waals surface area contributed by atoms with Gasteiger partial charge in [0.15, 0.2) is 0 Å². The number of carbonyl (C=O) groups excluding carboxylic acids is 1. The van der Waals surface area contributed by atoms with E-state index in [2.05, 4.69) is 5.32 Å². The second-order valence-electron chi connectivity index (χ2n) is 3.98. The molecular weight excluding hydrogens is 204 g/mol. The molecule has 0 spiro atoms. The van der Waals surface area contributed by atoms with Crippen LogP contribution in [0.5, 0.6) is 0 Å². The van der Waals surface area contributed by atoms with E-state index in [-0.39, 0.29) is 12.1 Å². The Hall–Kier alpha value is -1.45. The van der Waals surface area contributed by atoms with Crippen LogP contribution >= 0.6 is 0 Å². The van der Waals surface area contributed by atoms with Crippen molar-refractivity contribution in [2.45, 2.75) is 32.7 Å². The summed E-state index contributed by atoms with van der Waals surface area (Å²) in [5.41, 5.74) is 0. The van der Waals surface area contributed by atoms with Gasteiger partial charge in [-0.1, -0.05) is 0 Å². The summed E-state index contributed by atoms with van der Waals surface area (Å²) in [6.07, 6.45) is 3.41. The zero-order chi connectivity index (χ0) is 12.0. The second-order valence-corrected chi connectivity index (χ2v) is 3.98. The number of furan rings is 1. The highest BCUT2D eigenvalue weighted by atomic mass is 16.3. The molecule has 1 unspecified atom stereocenters. The fraction of sp³-hybridized carbons (Fsp3) is 0.583. The molecule has 4 heteroatoms. The maximum absolute atomic E-state index is 11.5. The molecule has 0 aromatic carbocycles. The van der Waals surface area contributed by atoms with Gasteiger partial charge in [0.05, 0.1) is 6.26 Å². The largest absolute Gasteiger partial charge is 0.469 e. The Morgan fingerprint density at radius 2 is 2.38 bits per heavy atom. The van der Waals surface area contributed by atoms with Crippen LogP contribution in [0.2, 0.25) is 0 Å². The lowest BCUT2D eigenvalue weighted by atomic mass is 10.1.